The molecule has 0 radical (unpaired) electrons. The molecule has 184 valence electrons. The van der Waals surface area contributed by atoms with Gasteiger partial charge in [0, 0.05) is 20.1 Å². The third kappa shape index (κ3) is 5.41. The van der Waals surface area contributed by atoms with Crippen LogP contribution in [0.25, 0.3) is 6.08 Å². The summed E-state index contributed by atoms with van der Waals surface area (Å²) < 4.78 is 12.1. The van der Waals surface area contributed by atoms with Gasteiger partial charge in [0.1, 0.15) is 12.2 Å². The number of methoxy groups -OCH3 is 1. The summed E-state index contributed by atoms with van der Waals surface area (Å²) in [7, 11) is 1.48. The fourth-order valence-electron chi connectivity index (χ4n) is 3.51. The fraction of sp³-hybridized carbons (Fsp3) is 0.115. The second kappa shape index (κ2) is 10.7. The Labute approximate surface area is 225 Å². The van der Waals surface area contributed by atoms with Gasteiger partial charge < -0.3 is 9.47 Å². The maximum Gasteiger partial charge on any atom is 0.335 e. The van der Waals surface area contributed by atoms with Gasteiger partial charge in [-0.15, -0.1) is 0 Å². The Morgan fingerprint density at radius 2 is 1.78 bits per heavy atom. The van der Waals surface area contributed by atoms with Crippen LogP contribution in [0.3, 0.4) is 0 Å². The summed E-state index contributed by atoms with van der Waals surface area (Å²) in [5, 5.41) is 3.22. The molecule has 1 heterocycles. The van der Waals surface area contributed by atoms with Crippen LogP contribution in [0.15, 0.2) is 64.6 Å². The molecule has 7 nitrogen and oxygen atoms in total. The summed E-state index contributed by atoms with van der Waals surface area (Å²) in [6, 6.07) is 14.3. The van der Waals surface area contributed by atoms with Crippen molar-refractivity contribution in [2.45, 2.75) is 13.5 Å². The van der Waals surface area contributed by atoms with Crippen molar-refractivity contribution in [3.05, 3.63) is 91.4 Å². The van der Waals surface area contributed by atoms with Crippen LogP contribution in [-0.4, -0.2) is 25.0 Å². The highest BCUT2D eigenvalue weighted by molar-refractivity contribution is 9.10. The average molecular weight is 590 g/mol. The van der Waals surface area contributed by atoms with E-state index in [1.54, 1.807) is 54.6 Å². The van der Waals surface area contributed by atoms with Gasteiger partial charge in [0.25, 0.3) is 11.8 Å². The topological polar surface area (TPSA) is 84.9 Å². The zero-order valence-electron chi connectivity index (χ0n) is 19.1. The van der Waals surface area contributed by atoms with E-state index in [4.69, 9.17) is 32.7 Å². The van der Waals surface area contributed by atoms with E-state index in [2.05, 4.69) is 21.2 Å². The van der Waals surface area contributed by atoms with Gasteiger partial charge in [0.2, 0.25) is 0 Å². The van der Waals surface area contributed by atoms with Crippen LogP contribution in [0.1, 0.15) is 16.7 Å². The van der Waals surface area contributed by atoms with Gasteiger partial charge in [-0.1, -0.05) is 51.3 Å². The van der Waals surface area contributed by atoms with Gasteiger partial charge in [-0.3, -0.25) is 14.9 Å². The standard InChI is InChI=1S/C26H19BrCl2N2O5/c1-14-9-18(6-7-20(14)27)31-25(33)19(24(32)30-26(31)34)10-15-3-8-22(23(11-15)35-2)36-13-16-4-5-17(28)12-21(16)29/h3-12H,13H2,1-2H3,(H,30,32,34)/b19-10+. The molecule has 3 aromatic rings. The van der Waals surface area contributed by atoms with Crippen molar-refractivity contribution in [3.8, 4) is 11.5 Å². The molecule has 0 spiro atoms. The molecule has 4 rings (SSSR count). The predicted octanol–water partition coefficient (Wildman–Crippen LogP) is 6.32. The van der Waals surface area contributed by atoms with E-state index in [1.807, 2.05) is 6.92 Å². The number of halogens is 3. The van der Waals surface area contributed by atoms with E-state index < -0.39 is 17.8 Å². The number of carbonyl (C=O) groups is 3. The molecular formula is C26H19BrCl2N2O5. The number of hydrogen-bond donors (Lipinski definition) is 1. The number of hydrogen-bond acceptors (Lipinski definition) is 5. The second-order valence-corrected chi connectivity index (χ2v) is 9.52. The first-order valence-electron chi connectivity index (χ1n) is 10.6. The molecule has 1 N–H and O–H groups in total. The first kappa shape index (κ1) is 25.8. The van der Waals surface area contributed by atoms with Crippen LogP contribution < -0.4 is 19.7 Å². The van der Waals surface area contributed by atoms with Gasteiger partial charge in [0.15, 0.2) is 11.5 Å². The lowest BCUT2D eigenvalue weighted by molar-refractivity contribution is -0.122. The van der Waals surface area contributed by atoms with Crippen LogP contribution >= 0.6 is 39.1 Å². The Hall–Kier alpha value is -3.33. The van der Waals surface area contributed by atoms with Gasteiger partial charge in [-0.05, 0) is 66.6 Å². The predicted molar refractivity (Wildman–Crippen MR) is 142 cm³/mol. The highest BCUT2D eigenvalue weighted by Crippen LogP contribution is 2.32. The second-order valence-electron chi connectivity index (χ2n) is 7.83. The molecule has 0 bridgehead atoms. The number of nitrogens with one attached hydrogen (secondary N) is 1. The first-order chi connectivity index (χ1) is 17.2. The molecule has 0 aromatic heterocycles. The van der Waals surface area contributed by atoms with Crippen molar-refractivity contribution < 1.29 is 23.9 Å². The Balaban J connectivity index is 1.60. The van der Waals surface area contributed by atoms with E-state index in [1.165, 1.54) is 13.2 Å². The summed E-state index contributed by atoms with van der Waals surface area (Å²) in [5.41, 5.74) is 2.23. The van der Waals surface area contributed by atoms with Gasteiger partial charge in [-0.2, -0.15) is 0 Å². The molecule has 1 saturated heterocycles. The monoisotopic (exact) mass is 588 g/mol. The number of barbiturate groups is 1. The maximum absolute atomic E-state index is 13.2. The number of ether oxygens (including phenoxy) is 2. The molecule has 36 heavy (non-hydrogen) atoms. The Morgan fingerprint density at radius 1 is 1.00 bits per heavy atom. The highest BCUT2D eigenvalue weighted by atomic mass is 79.9. The molecule has 0 unspecified atom stereocenters. The number of rotatable bonds is 6. The molecule has 0 atom stereocenters. The van der Waals surface area contributed by atoms with Crippen LogP contribution in [0.2, 0.25) is 10.0 Å². The number of urea groups is 1. The van der Waals surface area contributed by atoms with Crippen molar-refractivity contribution in [2.24, 2.45) is 0 Å². The summed E-state index contributed by atoms with van der Waals surface area (Å²) in [5.74, 6) is -0.698. The molecule has 10 heteroatoms. The number of anilines is 1. The molecular weight excluding hydrogens is 571 g/mol. The van der Waals surface area contributed by atoms with Crippen molar-refractivity contribution in [2.75, 3.05) is 12.0 Å². The van der Waals surface area contributed by atoms with Crippen molar-refractivity contribution in [3.63, 3.8) is 0 Å². The van der Waals surface area contributed by atoms with E-state index >= 15 is 0 Å². The third-order valence-corrected chi connectivity index (χ3v) is 6.88. The number of aryl methyl sites for hydroxylation is 1. The summed E-state index contributed by atoms with van der Waals surface area (Å²) in [6.07, 6.45) is 1.39. The van der Waals surface area contributed by atoms with Crippen molar-refractivity contribution in [1.82, 2.24) is 5.32 Å². The minimum atomic E-state index is -0.814. The average Bonchev–Trinajstić information content (AvgIpc) is 2.83. The third-order valence-electron chi connectivity index (χ3n) is 5.40. The zero-order chi connectivity index (χ0) is 26.0. The van der Waals surface area contributed by atoms with E-state index in [-0.39, 0.29) is 12.2 Å². The Kier molecular flexibility index (Phi) is 7.68. The quantitative estimate of drug-likeness (QED) is 0.269. The Bertz CT molecular complexity index is 1420. The van der Waals surface area contributed by atoms with Crippen molar-refractivity contribution in [1.29, 1.82) is 0 Å². The number of nitrogens with zero attached hydrogens (tertiary/aromatic N) is 1. The highest BCUT2D eigenvalue weighted by Gasteiger charge is 2.37. The summed E-state index contributed by atoms with van der Waals surface area (Å²) in [4.78, 5) is 39.1. The van der Waals surface area contributed by atoms with E-state index in [0.29, 0.717) is 32.8 Å². The van der Waals surface area contributed by atoms with Gasteiger partial charge in [0.05, 0.1) is 12.8 Å². The minimum Gasteiger partial charge on any atom is -0.493 e. The SMILES string of the molecule is COc1cc(/C=C2\C(=O)NC(=O)N(c3ccc(Br)c(C)c3)C2=O)ccc1OCc1ccc(Cl)cc1Cl. The molecule has 4 amide bonds. The molecule has 1 aliphatic heterocycles. The van der Waals surface area contributed by atoms with Crippen LogP contribution in [-0.2, 0) is 16.2 Å². The number of imide groups is 2. The number of benzene rings is 3. The smallest absolute Gasteiger partial charge is 0.335 e. The lowest BCUT2D eigenvalue weighted by Crippen LogP contribution is -2.54. The fourth-order valence-corrected chi connectivity index (χ4v) is 4.22. The molecule has 0 aliphatic carbocycles. The molecule has 1 fully saturated rings. The lowest BCUT2D eigenvalue weighted by atomic mass is 10.1. The lowest BCUT2D eigenvalue weighted by Gasteiger charge is -2.26. The van der Waals surface area contributed by atoms with Crippen molar-refractivity contribution >= 4 is 68.7 Å². The number of amides is 4. The first-order valence-corrected chi connectivity index (χ1v) is 12.1. The number of carbonyl (C=O) groups excluding carboxylic acids is 3. The summed E-state index contributed by atoms with van der Waals surface area (Å²) in [6.45, 7) is 2.01. The van der Waals surface area contributed by atoms with Crippen LogP contribution in [0, 0.1) is 6.92 Å². The van der Waals surface area contributed by atoms with Gasteiger partial charge in [-0.25, -0.2) is 9.69 Å². The molecule has 3 aromatic carbocycles. The van der Waals surface area contributed by atoms with E-state index in [9.17, 15) is 14.4 Å². The van der Waals surface area contributed by atoms with Gasteiger partial charge >= 0.3 is 6.03 Å². The van der Waals surface area contributed by atoms with Crippen LogP contribution in [0.5, 0.6) is 11.5 Å². The minimum absolute atomic E-state index is 0.178. The van der Waals surface area contributed by atoms with Crippen LogP contribution in [0.4, 0.5) is 10.5 Å². The normalized spacial score (nSPS) is 14.8. The Morgan fingerprint density at radius 3 is 2.47 bits per heavy atom. The molecule has 1 aliphatic rings. The summed E-state index contributed by atoms with van der Waals surface area (Å²) >= 11 is 15.5. The largest absolute Gasteiger partial charge is 0.493 e. The molecule has 0 saturated carbocycles. The maximum atomic E-state index is 13.2. The van der Waals surface area contributed by atoms with E-state index in [0.717, 1.165) is 20.5 Å². The zero-order valence-corrected chi connectivity index (χ0v) is 22.2.